The summed E-state index contributed by atoms with van der Waals surface area (Å²) in [6, 6.07) is 0. The van der Waals surface area contributed by atoms with Gasteiger partial charge in [-0.05, 0) is 38.5 Å². The lowest BCUT2D eigenvalue weighted by molar-refractivity contribution is -0.161. The minimum absolute atomic E-state index is 0.0555. The molecule has 272 valence electrons. The van der Waals surface area contributed by atoms with Crippen molar-refractivity contribution in [2.24, 2.45) is 5.73 Å². The van der Waals surface area contributed by atoms with Gasteiger partial charge in [0.25, 0.3) is 0 Å². The van der Waals surface area contributed by atoms with Crippen molar-refractivity contribution in [2.75, 3.05) is 26.4 Å². The Morgan fingerprint density at radius 3 is 1.57 bits per heavy atom. The van der Waals surface area contributed by atoms with Gasteiger partial charge >= 0.3 is 19.8 Å². The quantitative estimate of drug-likeness (QED) is 0.0291. The predicted molar refractivity (Wildman–Crippen MR) is 188 cm³/mol. The highest BCUT2D eigenvalue weighted by Gasteiger charge is 2.25. The first-order valence-electron chi connectivity index (χ1n) is 18.7. The molecule has 1 unspecified atom stereocenters. The monoisotopic (exact) mass is 675 g/mol. The van der Waals surface area contributed by atoms with Gasteiger partial charge in [0.1, 0.15) is 6.61 Å². The molecule has 0 spiro atoms. The van der Waals surface area contributed by atoms with Crippen LogP contribution in [0.1, 0.15) is 174 Å². The van der Waals surface area contributed by atoms with Gasteiger partial charge in [-0.1, -0.05) is 135 Å². The fraction of sp³-hybridized carbons (Fsp3) is 0.889. The normalized spacial score (nSPS) is 13.6. The first kappa shape index (κ1) is 44.8. The molecule has 0 aliphatic rings. The number of allylic oxidation sites excluding steroid dienone is 2. The first-order valence-corrected chi connectivity index (χ1v) is 20.2. The van der Waals surface area contributed by atoms with Crippen molar-refractivity contribution >= 4 is 19.8 Å². The third-order valence-electron chi connectivity index (χ3n) is 7.90. The lowest BCUT2D eigenvalue weighted by atomic mass is 10.1. The van der Waals surface area contributed by atoms with Gasteiger partial charge in [0, 0.05) is 19.4 Å². The molecule has 0 amide bonds. The van der Waals surface area contributed by atoms with E-state index >= 15 is 0 Å². The van der Waals surface area contributed by atoms with Crippen LogP contribution in [0.5, 0.6) is 0 Å². The van der Waals surface area contributed by atoms with Crippen LogP contribution < -0.4 is 5.73 Å². The van der Waals surface area contributed by atoms with Crippen molar-refractivity contribution in [3.8, 4) is 0 Å². The third-order valence-corrected chi connectivity index (χ3v) is 8.89. The van der Waals surface area contributed by atoms with Crippen molar-refractivity contribution < 1.29 is 37.6 Å². The molecule has 0 rings (SSSR count). The van der Waals surface area contributed by atoms with Gasteiger partial charge in [0.05, 0.1) is 13.2 Å². The zero-order chi connectivity index (χ0) is 34.0. The Bertz CT molecular complexity index is 779. The number of phosphoric acid groups is 1. The third kappa shape index (κ3) is 32.7. The summed E-state index contributed by atoms with van der Waals surface area (Å²) in [4.78, 5) is 34.5. The highest BCUT2D eigenvalue weighted by molar-refractivity contribution is 7.47. The molecule has 0 aromatic heterocycles. The Kier molecular flexibility index (Phi) is 32.7. The number of rotatable bonds is 35. The van der Waals surface area contributed by atoms with Gasteiger partial charge in [0.2, 0.25) is 0 Å². The molecule has 0 aliphatic carbocycles. The van der Waals surface area contributed by atoms with Crippen LogP contribution in [-0.4, -0.2) is 49.3 Å². The maximum Gasteiger partial charge on any atom is 0.472 e. The molecule has 2 atom stereocenters. The summed E-state index contributed by atoms with van der Waals surface area (Å²) < 4.78 is 32.5. The van der Waals surface area contributed by atoms with Crippen LogP contribution >= 0.6 is 7.82 Å². The van der Waals surface area contributed by atoms with E-state index in [4.69, 9.17) is 24.3 Å². The van der Waals surface area contributed by atoms with Crippen molar-refractivity contribution in [2.45, 2.75) is 180 Å². The van der Waals surface area contributed by atoms with Gasteiger partial charge in [-0.15, -0.1) is 0 Å². The molecule has 9 nitrogen and oxygen atoms in total. The minimum Gasteiger partial charge on any atom is -0.462 e. The number of ether oxygens (including phenoxy) is 2. The van der Waals surface area contributed by atoms with E-state index in [0.29, 0.717) is 6.42 Å². The molecule has 0 saturated carbocycles. The maximum atomic E-state index is 12.4. The summed E-state index contributed by atoms with van der Waals surface area (Å²) in [6.07, 6.45) is 31.1. The van der Waals surface area contributed by atoms with Gasteiger partial charge in [-0.3, -0.25) is 18.6 Å². The summed E-state index contributed by atoms with van der Waals surface area (Å²) in [7, 11) is -4.36. The van der Waals surface area contributed by atoms with E-state index in [1.807, 2.05) is 0 Å². The Morgan fingerprint density at radius 1 is 0.630 bits per heavy atom. The Hall–Kier alpha value is -1.25. The van der Waals surface area contributed by atoms with E-state index in [0.717, 1.165) is 38.5 Å². The summed E-state index contributed by atoms with van der Waals surface area (Å²) in [5.41, 5.74) is 5.32. The zero-order valence-electron chi connectivity index (χ0n) is 29.6. The van der Waals surface area contributed by atoms with Crippen molar-refractivity contribution in [3.05, 3.63) is 12.2 Å². The highest BCUT2D eigenvalue weighted by atomic mass is 31.2. The van der Waals surface area contributed by atoms with Crippen LogP contribution in [0.3, 0.4) is 0 Å². The van der Waals surface area contributed by atoms with Gasteiger partial charge < -0.3 is 20.1 Å². The van der Waals surface area contributed by atoms with E-state index in [-0.39, 0.29) is 38.6 Å². The standard InChI is InChI=1S/C36H70NO8P/c1-3-5-7-9-11-13-14-15-16-17-18-19-20-21-23-24-26-28-35(38)42-32-34(33-44-46(40,41)43-31-30-37)45-36(39)29-27-25-22-12-10-8-6-4-2/h13-14,34H,3-12,15-33,37H2,1-2H3,(H,40,41)/b14-13+/t34-/m0/s1. The van der Waals surface area contributed by atoms with Crippen molar-refractivity contribution in [1.82, 2.24) is 0 Å². The van der Waals surface area contributed by atoms with Gasteiger partial charge in [-0.2, -0.15) is 0 Å². The summed E-state index contributed by atoms with van der Waals surface area (Å²) >= 11 is 0. The summed E-state index contributed by atoms with van der Waals surface area (Å²) in [6.45, 7) is 3.68. The molecular weight excluding hydrogens is 605 g/mol. The molecule has 0 aromatic carbocycles. The van der Waals surface area contributed by atoms with Gasteiger partial charge in [0.15, 0.2) is 6.10 Å². The number of unbranched alkanes of at least 4 members (excludes halogenated alkanes) is 20. The van der Waals surface area contributed by atoms with Crippen LogP contribution in [0.4, 0.5) is 0 Å². The molecule has 0 fully saturated rings. The minimum atomic E-state index is -4.36. The lowest BCUT2D eigenvalue weighted by Crippen LogP contribution is -2.29. The average Bonchev–Trinajstić information content (AvgIpc) is 3.04. The second-order valence-electron chi connectivity index (χ2n) is 12.4. The molecule has 0 aromatic rings. The van der Waals surface area contributed by atoms with Gasteiger partial charge in [-0.25, -0.2) is 4.57 Å². The molecule has 3 N–H and O–H groups in total. The number of phosphoric ester groups is 1. The summed E-state index contributed by atoms with van der Waals surface area (Å²) in [5.74, 6) is -0.832. The molecule has 10 heteroatoms. The number of esters is 2. The molecule has 0 heterocycles. The number of nitrogens with two attached hydrogens (primary N) is 1. The van der Waals surface area contributed by atoms with E-state index in [9.17, 15) is 19.0 Å². The highest BCUT2D eigenvalue weighted by Crippen LogP contribution is 2.43. The maximum absolute atomic E-state index is 12.4. The molecule has 0 bridgehead atoms. The van der Waals surface area contributed by atoms with Crippen LogP contribution in [0.25, 0.3) is 0 Å². The van der Waals surface area contributed by atoms with Crippen molar-refractivity contribution in [1.29, 1.82) is 0 Å². The molecule has 0 saturated heterocycles. The zero-order valence-corrected chi connectivity index (χ0v) is 30.5. The van der Waals surface area contributed by atoms with Crippen LogP contribution in [0.2, 0.25) is 0 Å². The largest absolute Gasteiger partial charge is 0.472 e. The van der Waals surface area contributed by atoms with E-state index < -0.39 is 26.5 Å². The van der Waals surface area contributed by atoms with Crippen LogP contribution in [0, 0.1) is 0 Å². The van der Waals surface area contributed by atoms with E-state index in [2.05, 4.69) is 26.0 Å². The second-order valence-corrected chi connectivity index (χ2v) is 13.9. The van der Waals surface area contributed by atoms with E-state index in [1.54, 1.807) is 0 Å². The Morgan fingerprint density at radius 2 is 1.07 bits per heavy atom. The second kappa shape index (κ2) is 33.6. The predicted octanol–water partition coefficient (Wildman–Crippen LogP) is 9.88. The molecule has 0 radical (unpaired) electrons. The molecule has 46 heavy (non-hydrogen) atoms. The fourth-order valence-corrected chi connectivity index (χ4v) is 5.86. The average molecular weight is 676 g/mol. The fourth-order valence-electron chi connectivity index (χ4n) is 5.10. The Labute approximate surface area is 281 Å². The Balaban J connectivity index is 4.12. The number of hydrogen-bond donors (Lipinski definition) is 2. The summed E-state index contributed by atoms with van der Waals surface area (Å²) in [5, 5.41) is 0. The molecule has 0 aliphatic heterocycles. The van der Waals surface area contributed by atoms with E-state index in [1.165, 1.54) is 103 Å². The first-order chi connectivity index (χ1) is 22.3. The smallest absolute Gasteiger partial charge is 0.462 e. The number of hydrogen-bond acceptors (Lipinski definition) is 8. The van der Waals surface area contributed by atoms with Crippen LogP contribution in [-0.2, 0) is 32.7 Å². The van der Waals surface area contributed by atoms with Crippen molar-refractivity contribution in [3.63, 3.8) is 0 Å². The van der Waals surface area contributed by atoms with Crippen LogP contribution in [0.15, 0.2) is 12.2 Å². The molecular formula is C36H70NO8P. The SMILES string of the molecule is CCCCCC/C=C/CCCCCCCCCCCC(=O)OC[C@@H](COP(=O)(O)OCCN)OC(=O)CCCCCCCCCC. The topological polar surface area (TPSA) is 134 Å². The lowest BCUT2D eigenvalue weighted by Gasteiger charge is -2.19. The number of carbonyl (C=O) groups excluding carboxylic acids is 2. The number of carbonyl (C=O) groups is 2.